The lowest BCUT2D eigenvalue weighted by Crippen LogP contribution is -2.17. The number of hydrogen-bond acceptors (Lipinski definition) is 3. The van der Waals surface area contributed by atoms with Crippen molar-refractivity contribution in [1.82, 2.24) is 9.99 Å². The van der Waals surface area contributed by atoms with Crippen molar-refractivity contribution in [3.05, 3.63) is 131 Å². The van der Waals surface area contributed by atoms with E-state index in [9.17, 15) is 4.79 Å². The van der Waals surface area contributed by atoms with Crippen molar-refractivity contribution in [2.45, 2.75) is 6.92 Å². The number of hydrogen-bond donors (Lipinski definition) is 1. The Labute approximate surface area is 230 Å². The molecular weight excluding hydrogens is 538 g/mol. The second-order valence-electron chi connectivity index (χ2n) is 8.53. The Bertz CT molecular complexity index is 1540. The number of amides is 1. The summed E-state index contributed by atoms with van der Waals surface area (Å²) in [6.07, 6.45) is 1.70. The van der Waals surface area contributed by atoms with E-state index in [4.69, 9.17) is 4.74 Å². The summed E-state index contributed by atoms with van der Waals surface area (Å²) in [5, 5.41) is 4.34. The lowest BCUT2D eigenvalue weighted by atomic mass is 10.1. The van der Waals surface area contributed by atoms with E-state index in [-0.39, 0.29) is 5.91 Å². The molecule has 1 aromatic heterocycles. The average Bonchev–Trinajstić information content (AvgIpc) is 3.34. The third-order valence-corrected chi connectivity index (χ3v) is 6.56. The number of nitrogens with one attached hydrogen (secondary N) is 1. The number of ether oxygens (including phenoxy) is 1. The fourth-order valence-corrected chi connectivity index (χ4v) is 4.56. The van der Waals surface area contributed by atoms with Gasteiger partial charge >= 0.3 is 0 Å². The Balaban J connectivity index is 1.61. The van der Waals surface area contributed by atoms with Crippen LogP contribution in [0.3, 0.4) is 0 Å². The van der Waals surface area contributed by atoms with Crippen LogP contribution in [0.2, 0.25) is 0 Å². The summed E-state index contributed by atoms with van der Waals surface area (Å²) in [6.45, 7) is 2.59. The van der Waals surface area contributed by atoms with Gasteiger partial charge in [-0.25, -0.2) is 5.43 Å². The van der Waals surface area contributed by atoms with E-state index in [0.717, 1.165) is 44.0 Å². The van der Waals surface area contributed by atoms with E-state index in [1.807, 2.05) is 67.6 Å². The van der Waals surface area contributed by atoms with Gasteiger partial charge in [0.2, 0.25) is 0 Å². The van der Waals surface area contributed by atoms with Crippen LogP contribution in [-0.2, 0) is 0 Å². The summed E-state index contributed by atoms with van der Waals surface area (Å²) in [5.41, 5.74) is 9.14. The van der Waals surface area contributed by atoms with Crippen LogP contribution in [0.25, 0.3) is 28.2 Å². The van der Waals surface area contributed by atoms with Crippen LogP contribution in [0.4, 0.5) is 0 Å². The van der Waals surface area contributed by atoms with Gasteiger partial charge in [0.15, 0.2) is 0 Å². The molecule has 1 N–H and O–H groups in total. The average molecular weight is 564 g/mol. The number of rotatable bonds is 8. The van der Waals surface area contributed by atoms with Crippen molar-refractivity contribution in [3.63, 3.8) is 0 Å². The van der Waals surface area contributed by atoms with Crippen molar-refractivity contribution >= 4 is 28.1 Å². The molecular formula is C32H26BrN3O2. The Kier molecular flexibility index (Phi) is 7.81. The smallest absolute Gasteiger partial charge is 0.271 e. The molecule has 38 heavy (non-hydrogen) atoms. The molecule has 0 aliphatic heterocycles. The number of halogens is 1. The first-order valence-electron chi connectivity index (χ1n) is 12.3. The first-order chi connectivity index (χ1) is 18.6. The molecule has 5 rings (SSSR count). The normalized spacial score (nSPS) is 11.0. The molecule has 1 heterocycles. The fourth-order valence-electron chi connectivity index (χ4n) is 4.29. The summed E-state index contributed by atoms with van der Waals surface area (Å²) < 4.78 is 8.81. The van der Waals surface area contributed by atoms with Crippen LogP contribution in [0.5, 0.6) is 5.75 Å². The molecule has 0 aliphatic rings. The van der Waals surface area contributed by atoms with Crippen LogP contribution in [0.15, 0.2) is 125 Å². The maximum Gasteiger partial charge on any atom is 0.271 e. The molecule has 6 heteroatoms. The van der Waals surface area contributed by atoms with Gasteiger partial charge in [-0.05, 0) is 72.6 Å². The van der Waals surface area contributed by atoms with E-state index in [0.29, 0.717) is 12.2 Å². The highest BCUT2D eigenvalue weighted by atomic mass is 79.9. The largest absolute Gasteiger partial charge is 0.494 e. The molecule has 0 aliphatic carbocycles. The third kappa shape index (κ3) is 5.61. The Morgan fingerprint density at radius 3 is 2.13 bits per heavy atom. The molecule has 0 spiro atoms. The van der Waals surface area contributed by atoms with E-state index < -0.39 is 0 Å². The highest BCUT2D eigenvalue weighted by molar-refractivity contribution is 9.10. The van der Waals surface area contributed by atoms with Crippen LogP contribution in [0.1, 0.15) is 22.8 Å². The number of carbonyl (C=O) groups is 1. The maximum atomic E-state index is 12.6. The van der Waals surface area contributed by atoms with Crippen LogP contribution in [-0.4, -0.2) is 23.3 Å². The lowest BCUT2D eigenvalue weighted by Gasteiger charge is -2.15. The molecule has 0 fully saturated rings. The maximum absolute atomic E-state index is 12.6. The van der Waals surface area contributed by atoms with Gasteiger partial charge in [-0.1, -0.05) is 76.6 Å². The van der Waals surface area contributed by atoms with E-state index in [2.05, 4.69) is 73.5 Å². The van der Waals surface area contributed by atoms with Gasteiger partial charge in [-0.3, -0.25) is 4.79 Å². The predicted molar refractivity (Wildman–Crippen MR) is 157 cm³/mol. The lowest BCUT2D eigenvalue weighted by molar-refractivity contribution is 0.0955. The number of nitrogens with zero attached hydrogens (tertiary/aromatic N) is 2. The molecule has 0 bridgehead atoms. The quantitative estimate of drug-likeness (QED) is 0.155. The Hall–Kier alpha value is -4.42. The molecule has 5 nitrogen and oxygen atoms in total. The summed E-state index contributed by atoms with van der Waals surface area (Å²) in [5.74, 6) is 0.549. The van der Waals surface area contributed by atoms with Crippen LogP contribution < -0.4 is 10.2 Å². The second kappa shape index (κ2) is 11.8. The minimum Gasteiger partial charge on any atom is -0.494 e. The first-order valence-corrected chi connectivity index (χ1v) is 13.1. The first kappa shape index (κ1) is 25.2. The van der Waals surface area contributed by atoms with E-state index in [1.165, 1.54) is 0 Å². The molecule has 0 atom stereocenters. The molecule has 4 aromatic carbocycles. The second-order valence-corrected chi connectivity index (χ2v) is 9.45. The van der Waals surface area contributed by atoms with Crippen molar-refractivity contribution in [2.24, 2.45) is 5.10 Å². The number of aromatic nitrogens is 1. The molecule has 1 amide bonds. The Morgan fingerprint density at radius 2 is 1.50 bits per heavy atom. The third-order valence-electron chi connectivity index (χ3n) is 6.03. The molecule has 0 unspecified atom stereocenters. The monoisotopic (exact) mass is 563 g/mol. The van der Waals surface area contributed by atoms with Crippen molar-refractivity contribution in [3.8, 4) is 34.0 Å². The predicted octanol–water partition coefficient (Wildman–Crippen LogP) is 7.74. The number of benzene rings is 4. The number of hydrazone groups is 1. The van der Waals surface area contributed by atoms with Gasteiger partial charge in [0.25, 0.3) is 5.91 Å². The molecule has 5 aromatic rings. The van der Waals surface area contributed by atoms with Gasteiger partial charge in [0.05, 0.1) is 24.2 Å². The van der Waals surface area contributed by atoms with Crippen LogP contribution in [0, 0.1) is 0 Å². The molecule has 0 radical (unpaired) electrons. The fraction of sp³-hybridized carbons (Fsp3) is 0.0625. The van der Waals surface area contributed by atoms with E-state index in [1.54, 1.807) is 18.3 Å². The van der Waals surface area contributed by atoms with Gasteiger partial charge < -0.3 is 9.30 Å². The summed E-state index contributed by atoms with van der Waals surface area (Å²) >= 11 is 3.40. The standard InChI is InChI=1S/C32H26BrN3O2/c1-2-38-29-19-17-28(18-20-29)36-30(23-9-5-3-6-10-23)21-26(31(36)24-11-7-4-8-12-24)22-34-35-32(37)25-13-15-27(33)16-14-25/h3-22H,2H2,1H3,(H,35,37)/b34-22-. The van der Waals surface area contributed by atoms with Gasteiger partial charge in [-0.2, -0.15) is 5.10 Å². The Morgan fingerprint density at radius 1 is 0.868 bits per heavy atom. The van der Waals surface area contributed by atoms with Crippen molar-refractivity contribution in [2.75, 3.05) is 6.61 Å². The molecule has 0 saturated heterocycles. The van der Waals surface area contributed by atoms with E-state index >= 15 is 0 Å². The van der Waals surface area contributed by atoms with Crippen molar-refractivity contribution < 1.29 is 9.53 Å². The highest BCUT2D eigenvalue weighted by Crippen LogP contribution is 2.35. The van der Waals surface area contributed by atoms with Crippen LogP contribution >= 0.6 is 15.9 Å². The van der Waals surface area contributed by atoms with Gasteiger partial charge in [0.1, 0.15) is 5.75 Å². The van der Waals surface area contributed by atoms with Gasteiger partial charge in [-0.15, -0.1) is 0 Å². The van der Waals surface area contributed by atoms with Gasteiger partial charge in [0, 0.05) is 21.3 Å². The summed E-state index contributed by atoms with van der Waals surface area (Å²) in [7, 11) is 0. The zero-order valence-electron chi connectivity index (χ0n) is 20.8. The SMILES string of the molecule is CCOc1ccc(-n2c(-c3ccccc3)cc(/C=N\NC(=O)c3ccc(Br)cc3)c2-c2ccccc2)cc1. The minimum atomic E-state index is -0.274. The molecule has 188 valence electrons. The topological polar surface area (TPSA) is 55.6 Å². The molecule has 0 saturated carbocycles. The zero-order chi connectivity index (χ0) is 26.3. The minimum absolute atomic E-state index is 0.274. The summed E-state index contributed by atoms with van der Waals surface area (Å²) in [6, 6.07) is 37.8. The van der Waals surface area contributed by atoms with Crippen molar-refractivity contribution in [1.29, 1.82) is 0 Å². The number of carbonyl (C=O) groups excluding carboxylic acids is 1. The summed E-state index contributed by atoms with van der Waals surface area (Å²) in [4.78, 5) is 12.6. The zero-order valence-corrected chi connectivity index (χ0v) is 22.4. The highest BCUT2D eigenvalue weighted by Gasteiger charge is 2.19.